The minimum Gasteiger partial charge on any atom is -0.351 e. The second-order valence-corrected chi connectivity index (χ2v) is 3.09. The van der Waals surface area contributed by atoms with Gasteiger partial charge in [-0.1, -0.05) is 12.1 Å². The van der Waals surface area contributed by atoms with Gasteiger partial charge in [0, 0.05) is 13.1 Å². The van der Waals surface area contributed by atoms with E-state index < -0.39 is 17.6 Å². The van der Waals surface area contributed by atoms with Crippen molar-refractivity contribution in [3.8, 4) is 0 Å². The maximum atomic E-state index is 12.5. The quantitative estimate of drug-likeness (QED) is 0.879. The van der Waals surface area contributed by atoms with Crippen molar-refractivity contribution in [3.63, 3.8) is 0 Å². The Morgan fingerprint density at radius 3 is 2.41 bits per heavy atom. The van der Waals surface area contributed by atoms with Gasteiger partial charge in [-0.25, -0.2) is 0 Å². The van der Waals surface area contributed by atoms with Crippen molar-refractivity contribution < 1.29 is 18.0 Å². The average Bonchev–Trinajstić information content (AvgIpc) is 2.24. The number of hydrogen-bond donors (Lipinski definition) is 2. The topological polar surface area (TPSA) is 55.1 Å². The van der Waals surface area contributed by atoms with Crippen LogP contribution in [0.5, 0.6) is 0 Å². The third kappa shape index (κ3) is 4.24. The number of nitrogens with two attached hydrogens (primary N) is 1. The fourth-order valence-corrected chi connectivity index (χ4v) is 1.21. The van der Waals surface area contributed by atoms with Gasteiger partial charge >= 0.3 is 6.18 Å². The van der Waals surface area contributed by atoms with Crippen molar-refractivity contribution >= 4 is 18.3 Å². The molecule has 1 rings (SSSR count). The molecular formula is C10H12ClF3N2O. The van der Waals surface area contributed by atoms with E-state index in [1.807, 2.05) is 0 Å². The van der Waals surface area contributed by atoms with E-state index >= 15 is 0 Å². The molecule has 0 aliphatic carbocycles. The summed E-state index contributed by atoms with van der Waals surface area (Å²) in [6, 6.07) is 4.63. The zero-order chi connectivity index (χ0) is 12.2. The Bertz CT molecular complexity index is 382. The molecule has 0 radical (unpaired) electrons. The van der Waals surface area contributed by atoms with Crippen LogP contribution in [0.4, 0.5) is 13.2 Å². The molecule has 0 spiro atoms. The molecule has 3 N–H and O–H groups in total. The standard InChI is InChI=1S/C10H11F3N2O.ClH/c11-10(12,13)8-4-2-1-3-7(8)9(16)15-6-5-14;/h1-4H,5-6,14H2,(H,15,16);1H. The van der Waals surface area contributed by atoms with Crippen molar-refractivity contribution in [2.45, 2.75) is 6.18 Å². The van der Waals surface area contributed by atoms with E-state index in [-0.39, 0.29) is 31.1 Å². The first kappa shape index (κ1) is 15.7. The second-order valence-electron chi connectivity index (χ2n) is 3.09. The molecule has 3 nitrogen and oxygen atoms in total. The summed E-state index contributed by atoms with van der Waals surface area (Å²) in [7, 11) is 0. The SMILES string of the molecule is Cl.NCCNC(=O)c1ccccc1C(F)(F)F. The number of carbonyl (C=O) groups excluding carboxylic acids is 1. The van der Waals surface area contributed by atoms with Crippen LogP contribution in [0.25, 0.3) is 0 Å². The number of alkyl halides is 3. The fourth-order valence-electron chi connectivity index (χ4n) is 1.21. The first-order valence-corrected chi connectivity index (χ1v) is 4.61. The van der Waals surface area contributed by atoms with Gasteiger partial charge in [-0.15, -0.1) is 12.4 Å². The van der Waals surface area contributed by atoms with Crippen LogP contribution in [0.2, 0.25) is 0 Å². The molecule has 0 bridgehead atoms. The van der Waals surface area contributed by atoms with Crippen LogP contribution < -0.4 is 11.1 Å². The highest BCUT2D eigenvalue weighted by molar-refractivity contribution is 5.95. The first-order valence-electron chi connectivity index (χ1n) is 4.61. The molecule has 1 aromatic rings. The molecule has 0 saturated carbocycles. The van der Waals surface area contributed by atoms with Crippen LogP contribution in [-0.4, -0.2) is 19.0 Å². The number of benzene rings is 1. The lowest BCUT2D eigenvalue weighted by Gasteiger charge is -2.12. The number of carbonyl (C=O) groups is 1. The minimum absolute atomic E-state index is 0. The molecule has 96 valence electrons. The molecule has 0 aliphatic heterocycles. The lowest BCUT2D eigenvalue weighted by atomic mass is 10.1. The Kier molecular flexibility index (Phi) is 5.98. The molecule has 0 aromatic heterocycles. The number of amides is 1. The van der Waals surface area contributed by atoms with Gasteiger partial charge in [0.15, 0.2) is 0 Å². The van der Waals surface area contributed by atoms with Crippen LogP contribution in [0, 0.1) is 0 Å². The van der Waals surface area contributed by atoms with E-state index in [0.29, 0.717) is 0 Å². The van der Waals surface area contributed by atoms with E-state index in [0.717, 1.165) is 12.1 Å². The Balaban J connectivity index is 0.00000256. The van der Waals surface area contributed by atoms with Gasteiger partial charge in [0.25, 0.3) is 5.91 Å². The lowest BCUT2D eigenvalue weighted by molar-refractivity contribution is -0.137. The molecule has 0 saturated heterocycles. The highest BCUT2D eigenvalue weighted by Gasteiger charge is 2.34. The van der Waals surface area contributed by atoms with E-state index in [1.54, 1.807) is 0 Å². The van der Waals surface area contributed by atoms with Gasteiger partial charge in [-0.2, -0.15) is 13.2 Å². The zero-order valence-electron chi connectivity index (χ0n) is 8.75. The lowest BCUT2D eigenvalue weighted by Crippen LogP contribution is -2.30. The second kappa shape index (κ2) is 6.46. The zero-order valence-corrected chi connectivity index (χ0v) is 9.57. The third-order valence-electron chi connectivity index (χ3n) is 1.91. The summed E-state index contributed by atoms with van der Waals surface area (Å²) in [6.45, 7) is 0.324. The van der Waals surface area contributed by atoms with E-state index in [2.05, 4.69) is 5.32 Å². The number of halogens is 4. The summed E-state index contributed by atoms with van der Waals surface area (Å²) >= 11 is 0. The maximum absolute atomic E-state index is 12.5. The molecule has 0 atom stereocenters. The minimum atomic E-state index is -4.53. The number of hydrogen-bond acceptors (Lipinski definition) is 2. The average molecular weight is 269 g/mol. The van der Waals surface area contributed by atoms with Crippen LogP contribution in [0.15, 0.2) is 24.3 Å². The van der Waals surface area contributed by atoms with E-state index in [1.165, 1.54) is 12.1 Å². The summed E-state index contributed by atoms with van der Waals surface area (Å²) < 4.78 is 37.6. The summed E-state index contributed by atoms with van der Waals surface area (Å²) in [5.74, 6) is -0.765. The van der Waals surface area contributed by atoms with Gasteiger partial charge in [0.1, 0.15) is 0 Å². The largest absolute Gasteiger partial charge is 0.417 e. The Morgan fingerprint density at radius 2 is 1.88 bits per heavy atom. The molecular weight excluding hydrogens is 257 g/mol. The molecule has 0 aliphatic rings. The molecule has 0 fully saturated rings. The highest BCUT2D eigenvalue weighted by Crippen LogP contribution is 2.31. The van der Waals surface area contributed by atoms with Gasteiger partial charge < -0.3 is 11.1 Å². The van der Waals surface area contributed by atoms with Crippen molar-refractivity contribution in [1.82, 2.24) is 5.32 Å². The van der Waals surface area contributed by atoms with Crippen molar-refractivity contribution in [3.05, 3.63) is 35.4 Å². The Morgan fingerprint density at radius 1 is 1.29 bits per heavy atom. The summed E-state index contributed by atoms with van der Waals surface area (Å²) in [4.78, 5) is 11.4. The van der Waals surface area contributed by atoms with Crippen molar-refractivity contribution in [2.75, 3.05) is 13.1 Å². The predicted molar refractivity (Wildman–Crippen MR) is 60.1 cm³/mol. The third-order valence-corrected chi connectivity index (χ3v) is 1.91. The predicted octanol–water partition coefficient (Wildman–Crippen LogP) is 1.82. The summed E-state index contributed by atoms with van der Waals surface area (Å²) in [5.41, 5.74) is 3.82. The van der Waals surface area contributed by atoms with Crippen LogP contribution >= 0.6 is 12.4 Å². The Labute approximate surface area is 103 Å². The monoisotopic (exact) mass is 268 g/mol. The molecule has 17 heavy (non-hydrogen) atoms. The van der Waals surface area contributed by atoms with E-state index in [9.17, 15) is 18.0 Å². The normalized spacial score (nSPS) is 10.6. The molecule has 0 unspecified atom stereocenters. The van der Waals surface area contributed by atoms with Crippen molar-refractivity contribution in [1.29, 1.82) is 0 Å². The molecule has 0 heterocycles. The Hall–Kier alpha value is -1.27. The van der Waals surface area contributed by atoms with Gasteiger partial charge in [0.05, 0.1) is 11.1 Å². The number of nitrogens with one attached hydrogen (secondary N) is 1. The van der Waals surface area contributed by atoms with Gasteiger partial charge in [-0.05, 0) is 12.1 Å². The molecule has 1 amide bonds. The summed E-state index contributed by atoms with van der Waals surface area (Å²) in [5, 5.41) is 2.30. The number of rotatable bonds is 3. The maximum Gasteiger partial charge on any atom is 0.417 e. The first-order chi connectivity index (χ1) is 7.46. The van der Waals surface area contributed by atoms with Crippen LogP contribution in [-0.2, 0) is 6.18 Å². The smallest absolute Gasteiger partial charge is 0.351 e. The van der Waals surface area contributed by atoms with Crippen LogP contribution in [0.1, 0.15) is 15.9 Å². The van der Waals surface area contributed by atoms with Crippen molar-refractivity contribution in [2.24, 2.45) is 5.73 Å². The highest BCUT2D eigenvalue weighted by atomic mass is 35.5. The van der Waals surface area contributed by atoms with E-state index in [4.69, 9.17) is 5.73 Å². The summed E-state index contributed by atoms with van der Waals surface area (Å²) in [6.07, 6.45) is -4.53. The van der Waals surface area contributed by atoms with Crippen LogP contribution in [0.3, 0.4) is 0 Å². The molecule has 1 aromatic carbocycles. The fraction of sp³-hybridized carbons (Fsp3) is 0.300. The van der Waals surface area contributed by atoms with Gasteiger partial charge in [-0.3, -0.25) is 4.79 Å². The van der Waals surface area contributed by atoms with Gasteiger partial charge in [0.2, 0.25) is 0 Å². The molecule has 7 heteroatoms.